The number of carboxylic acids is 1. The van der Waals surface area contributed by atoms with E-state index in [-0.39, 0.29) is 102 Å². The highest BCUT2D eigenvalue weighted by Crippen LogP contribution is 2.40. The van der Waals surface area contributed by atoms with Gasteiger partial charge in [0.05, 0.1) is 50.3 Å². The molecular formula is C112H123Cl5N12O8. The van der Waals surface area contributed by atoms with Gasteiger partial charge in [0, 0.05) is 77.6 Å². The van der Waals surface area contributed by atoms with Crippen molar-refractivity contribution in [3.8, 4) is 11.3 Å². The Hall–Kier alpha value is -12.8. The molecule has 25 heteroatoms. The second kappa shape index (κ2) is 49.8. The number of aryl methyl sites for hydroxylation is 2. The van der Waals surface area contributed by atoms with Gasteiger partial charge < -0.3 is 42.3 Å². The zero-order valence-corrected chi connectivity index (χ0v) is 84.5. The monoisotopic (exact) mass is 1940 g/mol. The number of nitrogen functional groups attached to an aromatic ring is 1. The fourth-order valence-corrected chi connectivity index (χ4v) is 16.1. The molecule has 2 aliphatic heterocycles. The van der Waals surface area contributed by atoms with E-state index in [2.05, 4.69) is 198 Å². The molecule has 0 spiro atoms. The van der Waals surface area contributed by atoms with Crippen molar-refractivity contribution in [3.63, 3.8) is 0 Å². The van der Waals surface area contributed by atoms with Crippen molar-refractivity contribution in [1.82, 2.24) is 35.1 Å². The van der Waals surface area contributed by atoms with Crippen LogP contribution in [-0.4, -0.2) is 88.8 Å². The number of hydrogen-bond donors (Lipinski definition) is 7. The fourth-order valence-electron chi connectivity index (χ4n) is 15.0. The number of carboxylic acid groups (broad SMARTS) is 1. The number of piperidine rings is 2. The fraction of sp³-hybridized carbons (Fsp3) is 0.286. The van der Waals surface area contributed by atoms with Crippen LogP contribution in [0.15, 0.2) is 292 Å². The maximum atomic E-state index is 13.7. The van der Waals surface area contributed by atoms with Gasteiger partial charge in [0.25, 0.3) is 23.0 Å². The second-order valence-corrected chi connectivity index (χ2v) is 40.4. The molecule has 2 saturated heterocycles. The SMILES string of the molecule is CC(C)(C)c1cccc(N)c1.CC(C)(C)c1cccc(NC(=O)C2CCCN[C@H]2c2ccccc2)c1.CC(C)(C)c1cccc(NC(=O)c2cccnc2-c2ccccc2)c1.CC(C)(C)c1cccc(NC(=O)c2cccnc2Cl)c1.Cc1cc(Cl)cnc1C(=O)N1CCCC(C(=O)Nc2cccc(C(C)(C)C)c2)[C@@H]1c1ccccc1.Cc1cc(Cl)cnc1C(=O)O.O=C(Cl)c1cccnc1Cl. The number of anilines is 5. The van der Waals surface area contributed by atoms with E-state index in [1.165, 1.54) is 46.9 Å². The first-order valence-electron chi connectivity index (χ1n) is 45.3. The average Bonchev–Trinajstić information content (AvgIpc) is 0.773. The smallest absolute Gasteiger partial charge is 0.354 e. The summed E-state index contributed by atoms with van der Waals surface area (Å²) >= 11 is 28.2. The number of benzene rings is 8. The van der Waals surface area contributed by atoms with Crippen LogP contribution < -0.4 is 32.3 Å². The molecule has 5 amide bonds. The minimum absolute atomic E-state index is 0.0230. The molecule has 0 bridgehead atoms. The van der Waals surface area contributed by atoms with E-state index in [1.807, 2.05) is 177 Å². The molecule has 0 aliphatic carbocycles. The summed E-state index contributed by atoms with van der Waals surface area (Å²) in [5.41, 5.74) is 22.7. The van der Waals surface area contributed by atoms with Crippen LogP contribution in [-0.2, 0) is 36.7 Å². The topological polar surface area (TPSA) is 294 Å². The highest BCUT2D eigenvalue weighted by atomic mass is 35.5. The van der Waals surface area contributed by atoms with Crippen LogP contribution in [0.1, 0.15) is 244 Å². The number of aromatic carboxylic acids is 1. The number of rotatable bonds is 14. The number of carbonyl (C=O) groups excluding carboxylic acids is 6. The van der Waals surface area contributed by atoms with Crippen molar-refractivity contribution in [2.75, 3.05) is 40.1 Å². The van der Waals surface area contributed by atoms with Gasteiger partial charge in [-0.15, -0.1) is 0 Å². The summed E-state index contributed by atoms with van der Waals surface area (Å²) in [4.78, 5) is 108. The molecule has 8 N–H and O–H groups in total. The predicted octanol–water partition coefficient (Wildman–Crippen LogP) is 27.2. The number of halogens is 5. The first-order chi connectivity index (χ1) is 64.7. The summed E-state index contributed by atoms with van der Waals surface area (Å²) in [6.07, 6.45) is 10.9. The molecule has 8 aromatic carbocycles. The van der Waals surface area contributed by atoms with Crippen molar-refractivity contribution in [2.24, 2.45) is 11.8 Å². The van der Waals surface area contributed by atoms with Crippen molar-refractivity contribution >= 4 is 127 Å². The van der Waals surface area contributed by atoms with Crippen LogP contribution in [0.3, 0.4) is 0 Å². The van der Waals surface area contributed by atoms with Crippen LogP contribution in [0.2, 0.25) is 20.4 Å². The third-order valence-electron chi connectivity index (χ3n) is 22.6. The van der Waals surface area contributed by atoms with Crippen LogP contribution in [0.25, 0.3) is 11.3 Å². The van der Waals surface area contributed by atoms with Gasteiger partial charge in [-0.3, -0.25) is 33.8 Å². The second-order valence-electron chi connectivity index (χ2n) is 38.4. The Balaban J connectivity index is 0.000000187. The quantitative estimate of drug-likeness (QED) is 0.0303. The lowest BCUT2D eigenvalue weighted by Gasteiger charge is -2.41. The van der Waals surface area contributed by atoms with Crippen LogP contribution in [0.5, 0.6) is 0 Å². The first-order valence-corrected chi connectivity index (χ1v) is 47.2. The lowest BCUT2D eigenvalue weighted by Crippen LogP contribution is -2.46. The molecule has 2 fully saturated rings. The summed E-state index contributed by atoms with van der Waals surface area (Å²) in [5.74, 6) is -2.03. The lowest BCUT2D eigenvalue weighted by molar-refractivity contribution is -0.123. The Kier molecular flexibility index (Phi) is 39.2. The number of hydrogen-bond acceptors (Lipinski definition) is 14. The summed E-state index contributed by atoms with van der Waals surface area (Å²) in [5, 5.41) is 24.9. The van der Waals surface area contributed by atoms with Gasteiger partial charge in [0.2, 0.25) is 11.8 Å². The number of likely N-dealkylation sites (tertiary alicyclic amines) is 1. The van der Waals surface area contributed by atoms with Crippen molar-refractivity contribution in [2.45, 2.75) is 183 Å². The molecule has 20 nitrogen and oxygen atoms in total. The molecule has 5 aromatic heterocycles. The van der Waals surface area contributed by atoms with E-state index >= 15 is 0 Å². The zero-order valence-electron chi connectivity index (χ0n) is 80.7. The van der Waals surface area contributed by atoms with Gasteiger partial charge in [-0.25, -0.2) is 24.7 Å². The van der Waals surface area contributed by atoms with Gasteiger partial charge in [-0.05, 0) is 244 Å². The molecule has 13 aromatic rings. The first kappa shape index (κ1) is 108. The van der Waals surface area contributed by atoms with Gasteiger partial charge in [0.1, 0.15) is 16.0 Å². The van der Waals surface area contributed by atoms with E-state index in [1.54, 1.807) is 66.7 Å². The van der Waals surface area contributed by atoms with E-state index in [9.17, 15) is 33.6 Å². The number of nitrogens with two attached hydrogens (primary N) is 1. The number of nitrogens with zero attached hydrogens (tertiary/aromatic N) is 6. The number of amides is 5. The van der Waals surface area contributed by atoms with Crippen molar-refractivity contribution < 1.29 is 38.7 Å². The molecule has 137 heavy (non-hydrogen) atoms. The minimum Gasteiger partial charge on any atom is -0.477 e. The molecule has 2 unspecified atom stereocenters. The Bertz CT molecular complexity index is 6270. The molecule has 4 atom stereocenters. The van der Waals surface area contributed by atoms with E-state index in [0.717, 1.165) is 82.1 Å². The lowest BCUT2D eigenvalue weighted by atomic mass is 9.83. The van der Waals surface area contributed by atoms with Gasteiger partial charge in [-0.2, -0.15) is 0 Å². The van der Waals surface area contributed by atoms with Crippen molar-refractivity contribution in [1.29, 1.82) is 0 Å². The molecule has 0 saturated carbocycles. The highest BCUT2D eigenvalue weighted by Gasteiger charge is 2.41. The predicted molar refractivity (Wildman–Crippen MR) is 559 cm³/mol. The Morgan fingerprint density at radius 3 is 1.19 bits per heavy atom. The van der Waals surface area contributed by atoms with Crippen LogP contribution in [0, 0.1) is 25.7 Å². The van der Waals surface area contributed by atoms with Gasteiger partial charge in [0.15, 0.2) is 5.69 Å². The molecule has 15 rings (SSSR count). The maximum absolute atomic E-state index is 13.7. The molecule has 2 aliphatic rings. The average molecular weight is 1940 g/mol. The standard InChI is InChI=1S/C29H32ClN3O2.C22H28N2O.C22H22N2O.C16H17ClN2O.C10H15N.C7H6ClNO2.C6H3Cl2NO/c1-19-16-22(30)18-31-25(19)28(35)33-15-9-14-24(26(33)20-10-6-5-7-11-20)27(34)32-23-13-8-12-21(17-23)29(2,3)4;2*1-22(2,3)17-11-7-12-18(15-17)24-21(25)19-13-8-14-23-20(19)16-9-5-4-6-10-16;1-16(2,3)11-6-4-7-12(10-11)19-15(20)13-8-5-9-18-14(13)17;1-10(2,3)8-5-4-6-9(11)7-8;1-4-2-5(8)3-9-6(4)7(10)11;7-5-4(6(8)10)2-1-3-9-5/h5-8,10-13,16-18,24,26H,9,14-15H2,1-4H3,(H,32,34);4-7,9-12,15,19-20,23H,8,13-14H2,1-3H3,(H,24,25);4-15H,1-3H3,(H,24,25);4-10H,1-3H3,(H,19,20);4-7H,11H2,1-3H3;2-3H,1H3,(H,10,11);1-3H/t24?,26-;19?,20-;;;;;/m00...../s1. The van der Waals surface area contributed by atoms with Gasteiger partial charge in [-0.1, -0.05) is 302 Å². The van der Waals surface area contributed by atoms with Crippen LogP contribution >= 0.6 is 58.0 Å². The van der Waals surface area contributed by atoms with Crippen molar-refractivity contribution in [3.05, 3.63) is 390 Å². The molecular weight excluding hydrogens is 1820 g/mol. The number of pyridine rings is 5. The van der Waals surface area contributed by atoms with Gasteiger partial charge >= 0.3 is 5.97 Å². The van der Waals surface area contributed by atoms with E-state index < -0.39 is 11.2 Å². The summed E-state index contributed by atoms with van der Waals surface area (Å²) in [7, 11) is 0. The normalized spacial score (nSPS) is 14.5. The largest absolute Gasteiger partial charge is 0.477 e. The summed E-state index contributed by atoms with van der Waals surface area (Å²) in [6, 6.07) is 82.9. The molecule has 0 radical (unpaired) electrons. The van der Waals surface area contributed by atoms with E-state index in [0.29, 0.717) is 51.1 Å². The minimum atomic E-state index is -1.03. The number of nitrogens with one attached hydrogen (secondary N) is 5. The third-order valence-corrected chi connectivity index (χ3v) is 23.8. The third kappa shape index (κ3) is 32.7. The number of aromatic nitrogens is 5. The van der Waals surface area contributed by atoms with E-state index in [4.69, 9.17) is 68.8 Å². The molecule has 714 valence electrons. The molecule has 7 heterocycles. The maximum Gasteiger partial charge on any atom is 0.354 e. The van der Waals surface area contributed by atoms with Crippen LogP contribution in [0.4, 0.5) is 28.4 Å². The summed E-state index contributed by atoms with van der Waals surface area (Å²) in [6.45, 7) is 37.4. The highest BCUT2D eigenvalue weighted by molar-refractivity contribution is 6.68. The zero-order chi connectivity index (χ0) is 100. The Labute approximate surface area is 831 Å². The number of carbonyl (C=O) groups is 7. The summed E-state index contributed by atoms with van der Waals surface area (Å²) < 4.78 is 0. The Morgan fingerprint density at radius 1 is 0.401 bits per heavy atom. The Morgan fingerprint density at radius 2 is 0.781 bits per heavy atom.